The molecule has 16 nitrogen and oxygen atoms in total. The number of methoxy groups -OCH3 is 2. The van der Waals surface area contributed by atoms with Crippen LogP contribution in [0.5, 0.6) is 11.5 Å². The summed E-state index contributed by atoms with van der Waals surface area (Å²) in [5.41, 5.74) is 5.65. The van der Waals surface area contributed by atoms with Crippen molar-refractivity contribution < 1.29 is 52.5 Å². The molecule has 0 spiro atoms. The molecule has 0 radical (unpaired) electrons. The number of carbonyl (C=O) groups is 6. The van der Waals surface area contributed by atoms with Crippen LogP contribution in [0.4, 0.5) is 4.79 Å². The fourth-order valence-corrected chi connectivity index (χ4v) is 6.91. The molecule has 5 N–H and O–H groups in total. The van der Waals surface area contributed by atoms with Gasteiger partial charge in [-0.1, -0.05) is 78.9 Å². The number of fused-ring (bicyclic) bond motifs is 3. The molecule has 0 heterocycles. The highest BCUT2D eigenvalue weighted by Crippen LogP contribution is 2.44. The van der Waals surface area contributed by atoms with E-state index in [0.29, 0.717) is 17.1 Å². The zero-order chi connectivity index (χ0) is 43.1. The molecule has 16 heteroatoms. The minimum absolute atomic E-state index is 0.0494. The van der Waals surface area contributed by atoms with Crippen LogP contribution in [0.15, 0.2) is 97.1 Å². The lowest BCUT2D eigenvalue weighted by Gasteiger charge is -2.19. The van der Waals surface area contributed by atoms with Gasteiger partial charge in [0.1, 0.15) is 44.0 Å². The van der Waals surface area contributed by atoms with Gasteiger partial charge in [0.25, 0.3) is 0 Å². The largest absolute Gasteiger partial charge is 0.497 e. The van der Waals surface area contributed by atoms with Gasteiger partial charge in [-0.05, 0) is 58.7 Å². The zero-order valence-corrected chi connectivity index (χ0v) is 33.9. The van der Waals surface area contributed by atoms with Crippen LogP contribution < -0.4 is 36.1 Å². The predicted molar refractivity (Wildman–Crippen MR) is 221 cm³/mol. The maximum absolute atomic E-state index is 13.3. The van der Waals surface area contributed by atoms with Gasteiger partial charge < -0.3 is 50.3 Å². The summed E-state index contributed by atoms with van der Waals surface area (Å²) in [6.07, 6.45) is -0.0516. The summed E-state index contributed by atoms with van der Waals surface area (Å²) in [6, 6.07) is 28.8. The van der Waals surface area contributed by atoms with Crippen LogP contribution in [0, 0.1) is 5.92 Å². The second-order valence-corrected chi connectivity index (χ2v) is 14.4. The topological polar surface area (TPSA) is 209 Å². The lowest BCUT2D eigenvalue weighted by atomic mass is 9.98. The van der Waals surface area contributed by atoms with Crippen LogP contribution in [0.1, 0.15) is 41.0 Å². The van der Waals surface area contributed by atoms with Crippen LogP contribution in [0.3, 0.4) is 0 Å². The minimum Gasteiger partial charge on any atom is -0.497 e. The average molecular weight is 836 g/mol. The molecule has 0 unspecified atom stereocenters. The van der Waals surface area contributed by atoms with Gasteiger partial charge in [-0.25, -0.2) is 9.59 Å². The molecular weight excluding hydrogens is 787 g/mol. The summed E-state index contributed by atoms with van der Waals surface area (Å²) in [7, 11) is 3.04. The second kappa shape index (κ2) is 21.4. The van der Waals surface area contributed by atoms with E-state index in [2.05, 4.69) is 26.6 Å². The van der Waals surface area contributed by atoms with Crippen molar-refractivity contribution in [2.24, 2.45) is 5.92 Å². The van der Waals surface area contributed by atoms with Gasteiger partial charge >= 0.3 is 12.1 Å². The van der Waals surface area contributed by atoms with Crippen molar-refractivity contribution in [2.45, 2.75) is 43.9 Å². The van der Waals surface area contributed by atoms with Crippen LogP contribution in [-0.4, -0.2) is 95.0 Å². The quantitative estimate of drug-likeness (QED) is 0.0609. The van der Waals surface area contributed by atoms with Crippen molar-refractivity contribution in [3.63, 3.8) is 0 Å². The Balaban J connectivity index is 0.911. The Morgan fingerprint density at radius 3 is 1.98 bits per heavy atom. The number of hydrogen-bond acceptors (Lipinski definition) is 11. The summed E-state index contributed by atoms with van der Waals surface area (Å²) in [5, 5.41) is 12.5. The molecule has 4 aromatic carbocycles. The van der Waals surface area contributed by atoms with E-state index in [4.69, 9.17) is 23.7 Å². The molecule has 4 aromatic rings. The zero-order valence-electron chi connectivity index (χ0n) is 33.9. The first-order chi connectivity index (χ1) is 29.6. The predicted octanol–water partition coefficient (Wildman–Crippen LogP) is 3.11. The smallest absolute Gasteiger partial charge is 0.407 e. The monoisotopic (exact) mass is 835 g/mol. The van der Waals surface area contributed by atoms with Crippen LogP contribution in [0.2, 0.25) is 0 Å². The van der Waals surface area contributed by atoms with Crippen molar-refractivity contribution >= 4 is 35.7 Å². The molecule has 5 amide bonds. The molecule has 2 aliphatic carbocycles. The highest BCUT2D eigenvalue weighted by Gasteiger charge is 2.38. The molecular formula is C45H49N5O11. The van der Waals surface area contributed by atoms with Crippen molar-refractivity contribution in [1.29, 1.82) is 0 Å². The fourth-order valence-electron chi connectivity index (χ4n) is 6.91. The molecule has 6 rings (SSSR count). The van der Waals surface area contributed by atoms with E-state index >= 15 is 0 Å². The van der Waals surface area contributed by atoms with Crippen molar-refractivity contribution in [2.75, 3.05) is 47.2 Å². The number of carbonyl (C=O) groups excluding carboxylic acids is 6. The molecule has 61 heavy (non-hydrogen) atoms. The molecule has 1 fully saturated rings. The van der Waals surface area contributed by atoms with Crippen LogP contribution >= 0.6 is 0 Å². The van der Waals surface area contributed by atoms with E-state index < -0.39 is 67.5 Å². The summed E-state index contributed by atoms with van der Waals surface area (Å²) in [4.78, 5) is 76.9. The lowest BCUT2D eigenvalue weighted by molar-refractivity contribution is -0.161. The fraction of sp³-hybridized carbons (Fsp3) is 0.333. The molecule has 0 aliphatic heterocycles. The summed E-state index contributed by atoms with van der Waals surface area (Å²) in [6.45, 7) is -1.66. The third kappa shape index (κ3) is 12.3. The molecule has 320 valence electrons. The number of ether oxygens (including phenoxy) is 5. The first kappa shape index (κ1) is 43.6. The SMILES string of the molecule is COc1ccc(COC(=O)[C@H](OCNC(=O)CNC(=O)[C@H](Cc2ccccc2)NC(=O)CNC(=O)CNC(=O)OCC2c3ccccc3-c3ccccc32)C2CC2)c(OC)c1. The number of nitrogens with one attached hydrogen (secondary N) is 5. The third-order valence-electron chi connectivity index (χ3n) is 10.2. The number of benzene rings is 4. The second-order valence-electron chi connectivity index (χ2n) is 14.4. The van der Waals surface area contributed by atoms with Crippen molar-refractivity contribution in [3.05, 3.63) is 119 Å². The van der Waals surface area contributed by atoms with Gasteiger partial charge in [-0.3, -0.25) is 19.2 Å². The van der Waals surface area contributed by atoms with Gasteiger partial charge in [-0.2, -0.15) is 0 Å². The number of esters is 1. The number of rotatable bonds is 21. The Kier molecular flexibility index (Phi) is 15.3. The molecule has 0 aromatic heterocycles. The number of amides is 5. The Hall–Kier alpha value is -6.94. The average Bonchev–Trinajstić information content (AvgIpc) is 4.08. The van der Waals surface area contributed by atoms with Crippen molar-refractivity contribution in [1.82, 2.24) is 26.6 Å². The van der Waals surface area contributed by atoms with Gasteiger partial charge in [0.15, 0.2) is 6.10 Å². The van der Waals surface area contributed by atoms with E-state index in [1.165, 1.54) is 14.2 Å². The van der Waals surface area contributed by atoms with E-state index in [1.807, 2.05) is 48.5 Å². The molecule has 1 saturated carbocycles. The van der Waals surface area contributed by atoms with Crippen LogP contribution in [-0.2, 0) is 51.2 Å². The van der Waals surface area contributed by atoms with E-state index in [-0.39, 0.29) is 38.2 Å². The standard InChI is InChI=1S/C45H49N5O11/c1-57-31-19-18-30(38(21-31)58-2)25-59-44(55)42(29-16-17-29)61-27-49-40(52)22-47-43(54)37(20-28-10-4-3-5-11-28)50-41(53)24-46-39(51)23-48-45(56)60-26-36-34-14-8-6-12-32(34)33-13-7-9-15-35(33)36/h3-15,18-19,21,29,36-37,42H,16-17,20,22-27H2,1-2H3,(H,46,51)(H,47,54)(H,48,56)(H,49,52)(H,50,53)/t37-,42+/m0/s1. The van der Waals surface area contributed by atoms with Crippen LogP contribution in [0.25, 0.3) is 11.1 Å². The highest BCUT2D eigenvalue weighted by molar-refractivity contribution is 5.92. The summed E-state index contributed by atoms with van der Waals surface area (Å²) in [5.74, 6) is -2.25. The van der Waals surface area contributed by atoms with Gasteiger partial charge in [-0.15, -0.1) is 0 Å². The first-order valence-electron chi connectivity index (χ1n) is 19.9. The Bertz CT molecular complexity index is 2150. The minimum atomic E-state index is -1.10. The number of alkyl carbamates (subject to hydrolysis) is 1. The van der Waals surface area contributed by atoms with Crippen molar-refractivity contribution in [3.8, 4) is 22.6 Å². The Labute approximate surface area is 353 Å². The maximum Gasteiger partial charge on any atom is 0.407 e. The lowest BCUT2D eigenvalue weighted by Crippen LogP contribution is -2.52. The third-order valence-corrected chi connectivity index (χ3v) is 10.2. The first-order valence-corrected chi connectivity index (χ1v) is 19.9. The highest BCUT2D eigenvalue weighted by atomic mass is 16.6. The van der Waals surface area contributed by atoms with E-state index in [1.54, 1.807) is 48.5 Å². The summed E-state index contributed by atoms with van der Waals surface area (Å²) < 4.78 is 27.3. The normalized spacial score (nSPS) is 13.6. The Morgan fingerprint density at radius 1 is 0.672 bits per heavy atom. The molecule has 2 atom stereocenters. The maximum atomic E-state index is 13.3. The molecule has 0 bridgehead atoms. The summed E-state index contributed by atoms with van der Waals surface area (Å²) >= 11 is 0. The van der Waals surface area contributed by atoms with E-state index in [0.717, 1.165) is 40.7 Å². The van der Waals surface area contributed by atoms with Gasteiger partial charge in [0, 0.05) is 24.0 Å². The number of hydrogen-bond donors (Lipinski definition) is 5. The van der Waals surface area contributed by atoms with Gasteiger partial charge in [0.2, 0.25) is 23.6 Å². The Morgan fingerprint density at radius 2 is 1.31 bits per heavy atom. The molecule has 2 aliphatic rings. The van der Waals surface area contributed by atoms with E-state index in [9.17, 15) is 28.8 Å². The van der Waals surface area contributed by atoms with Gasteiger partial charge in [0.05, 0.1) is 27.3 Å². The molecule has 0 saturated heterocycles.